The van der Waals surface area contributed by atoms with Gasteiger partial charge in [0.15, 0.2) is 0 Å². The van der Waals surface area contributed by atoms with E-state index in [1.807, 2.05) is 4.90 Å². The number of carbonyl (C=O) groups is 1. The molecule has 2 fully saturated rings. The van der Waals surface area contributed by atoms with Crippen LogP contribution in [-0.4, -0.2) is 71.3 Å². The van der Waals surface area contributed by atoms with Crippen LogP contribution in [-0.2, 0) is 0 Å². The van der Waals surface area contributed by atoms with Crippen molar-refractivity contribution in [1.29, 1.82) is 0 Å². The van der Waals surface area contributed by atoms with Crippen LogP contribution in [0.15, 0.2) is 49.1 Å². The number of piperazine rings is 1. The second-order valence-corrected chi connectivity index (χ2v) is 8.88. The van der Waals surface area contributed by atoms with Gasteiger partial charge in [-0.05, 0) is 31.2 Å². The van der Waals surface area contributed by atoms with Crippen LogP contribution in [0.1, 0.15) is 17.3 Å². The number of halogens is 2. The minimum atomic E-state index is -0.353. The minimum Gasteiger partial charge on any atom is -0.356 e. The number of nitrogens with zero attached hydrogens (tertiary/aromatic N) is 7. The van der Waals surface area contributed by atoms with E-state index in [1.165, 1.54) is 18.5 Å². The Morgan fingerprint density at radius 1 is 0.943 bits per heavy atom. The van der Waals surface area contributed by atoms with Gasteiger partial charge in [0.05, 0.1) is 36.5 Å². The summed E-state index contributed by atoms with van der Waals surface area (Å²) >= 11 is 0. The lowest BCUT2D eigenvalue weighted by molar-refractivity contribution is 0.102. The van der Waals surface area contributed by atoms with E-state index in [4.69, 9.17) is 0 Å². The van der Waals surface area contributed by atoms with Crippen LogP contribution in [0.2, 0.25) is 0 Å². The second kappa shape index (κ2) is 9.77. The van der Waals surface area contributed by atoms with Crippen LogP contribution in [0, 0.1) is 11.7 Å². The lowest BCUT2D eigenvalue weighted by atomic mass is 10.0. The molecule has 0 saturated carbocycles. The zero-order valence-corrected chi connectivity index (χ0v) is 19.3. The third kappa shape index (κ3) is 4.98. The molecule has 5 rings (SSSR count). The Hall–Kier alpha value is -3.89. The molecule has 11 heteroatoms. The summed E-state index contributed by atoms with van der Waals surface area (Å²) in [5, 5.41) is 2.79. The summed E-state index contributed by atoms with van der Waals surface area (Å²) in [5.74, 6) is 1.47. The first-order valence-corrected chi connectivity index (χ1v) is 11.5. The average Bonchev–Trinajstić information content (AvgIpc) is 2.85. The molecule has 0 aromatic carbocycles. The van der Waals surface area contributed by atoms with Crippen LogP contribution >= 0.6 is 0 Å². The van der Waals surface area contributed by atoms with E-state index in [0.29, 0.717) is 49.9 Å². The van der Waals surface area contributed by atoms with Gasteiger partial charge >= 0.3 is 0 Å². The summed E-state index contributed by atoms with van der Waals surface area (Å²) in [6, 6.07) is 6.68. The Morgan fingerprint density at radius 3 is 2.29 bits per heavy atom. The van der Waals surface area contributed by atoms with E-state index < -0.39 is 0 Å². The average molecular weight is 481 g/mol. The van der Waals surface area contributed by atoms with Crippen molar-refractivity contribution in [3.63, 3.8) is 0 Å². The fourth-order valence-electron chi connectivity index (χ4n) is 4.32. The number of anilines is 4. The molecule has 35 heavy (non-hydrogen) atoms. The van der Waals surface area contributed by atoms with Gasteiger partial charge in [-0.1, -0.05) is 0 Å². The first-order valence-electron chi connectivity index (χ1n) is 11.5. The Labute approximate surface area is 201 Å². The highest BCUT2D eigenvalue weighted by Crippen LogP contribution is 2.24. The van der Waals surface area contributed by atoms with Gasteiger partial charge in [0.1, 0.15) is 17.5 Å². The van der Waals surface area contributed by atoms with Crippen molar-refractivity contribution in [2.45, 2.75) is 13.0 Å². The number of rotatable bonds is 6. The number of nitrogens with one attached hydrogen (secondary N) is 1. The van der Waals surface area contributed by atoms with E-state index in [2.05, 4.69) is 42.0 Å². The number of aromatic nitrogens is 4. The maximum atomic E-state index is 13.2. The lowest BCUT2D eigenvalue weighted by Gasteiger charge is -2.40. The first-order chi connectivity index (χ1) is 17.0. The Balaban J connectivity index is 1.16. The fourth-order valence-corrected chi connectivity index (χ4v) is 4.32. The first kappa shape index (κ1) is 22.9. The normalized spacial score (nSPS) is 18.4. The molecular formula is C24H26F2N8O. The zero-order chi connectivity index (χ0) is 24.4. The predicted molar refractivity (Wildman–Crippen MR) is 129 cm³/mol. The molecule has 182 valence electrons. The number of hydrogen-bond acceptors (Lipinski definition) is 8. The molecule has 0 aliphatic carbocycles. The molecule has 1 amide bonds. The van der Waals surface area contributed by atoms with Crippen LogP contribution in [0.5, 0.6) is 0 Å². The molecule has 0 radical (unpaired) electrons. The summed E-state index contributed by atoms with van der Waals surface area (Å²) in [7, 11) is 0. The van der Waals surface area contributed by atoms with Gasteiger partial charge < -0.3 is 20.0 Å². The van der Waals surface area contributed by atoms with Crippen molar-refractivity contribution >= 4 is 29.2 Å². The van der Waals surface area contributed by atoms with Crippen molar-refractivity contribution in [2.24, 2.45) is 5.92 Å². The van der Waals surface area contributed by atoms with Gasteiger partial charge in [0, 0.05) is 50.9 Å². The second-order valence-electron chi connectivity index (χ2n) is 8.88. The maximum Gasteiger partial charge on any atom is 0.257 e. The van der Waals surface area contributed by atoms with E-state index in [1.54, 1.807) is 30.6 Å². The molecule has 0 unspecified atom stereocenters. The number of amides is 1. The number of pyridine rings is 2. The molecule has 1 N–H and O–H groups in total. The zero-order valence-electron chi connectivity index (χ0n) is 19.3. The Bertz CT molecular complexity index is 1150. The van der Waals surface area contributed by atoms with Crippen molar-refractivity contribution < 1.29 is 13.6 Å². The molecule has 1 atom stereocenters. The van der Waals surface area contributed by atoms with Crippen molar-refractivity contribution in [3.05, 3.63) is 60.4 Å². The van der Waals surface area contributed by atoms with Gasteiger partial charge in [-0.2, -0.15) is 0 Å². The van der Waals surface area contributed by atoms with Gasteiger partial charge in [-0.25, -0.2) is 24.3 Å². The highest BCUT2D eigenvalue weighted by atomic mass is 19.1. The summed E-state index contributed by atoms with van der Waals surface area (Å²) in [4.78, 5) is 36.2. The number of hydrogen-bond donors (Lipinski definition) is 1. The monoisotopic (exact) mass is 480 g/mol. The van der Waals surface area contributed by atoms with Gasteiger partial charge in [-0.3, -0.25) is 9.18 Å². The van der Waals surface area contributed by atoms with E-state index in [0.717, 1.165) is 11.6 Å². The van der Waals surface area contributed by atoms with Gasteiger partial charge in [0.25, 0.3) is 5.91 Å². The van der Waals surface area contributed by atoms with Gasteiger partial charge in [0.2, 0.25) is 5.95 Å². The lowest BCUT2D eigenvalue weighted by Crippen LogP contribution is -2.53. The summed E-state index contributed by atoms with van der Waals surface area (Å²) < 4.78 is 25.8. The third-order valence-electron chi connectivity index (χ3n) is 6.33. The molecule has 2 saturated heterocycles. The van der Waals surface area contributed by atoms with E-state index in [-0.39, 0.29) is 30.4 Å². The molecule has 5 heterocycles. The van der Waals surface area contributed by atoms with Crippen molar-refractivity contribution in [3.8, 4) is 0 Å². The Morgan fingerprint density at radius 2 is 1.66 bits per heavy atom. The largest absolute Gasteiger partial charge is 0.356 e. The smallest absolute Gasteiger partial charge is 0.257 e. The molecule has 3 aromatic heterocycles. The molecule has 2 aliphatic rings. The van der Waals surface area contributed by atoms with Gasteiger partial charge in [-0.15, -0.1) is 0 Å². The number of carbonyl (C=O) groups excluding carboxylic acids is 1. The van der Waals surface area contributed by atoms with Crippen LogP contribution < -0.4 is 20.0 Å². The highest BCUT2D eigenvalue weighted by Gasteiger charge is 2.28. The van der Waals surface area contributed by atoms with E-state index >= 15 is 0 Å². The summed E-state index contributed by atoms with van der Waals surface area (Å²) in [6.45, 7) is 5.15. The molecule has 9 nitrogen and oxygen atoms in total. The molecule has 0 spiro atoms. The van der Waals surface area contributed by atoms with Crippen LogP contribution in [0.3, 0.4) is 0 Å². The minimum absolute atomic E-state index is 0.0708. The van der Waals surface area contributed by atoms with Crippen molar-refractivity contribution in [1.82, 2.24) is 19.9 Å². The summed E-state index contributed by atoms with van der Waals surface area (Å²) in [6.07, 6.45) is 5.90. The summed E-state index contributed by atoms with van der Waals surface area (Å²) in [5.41, 5.74) is 0.901. The molecular weight excluding hydrogens is 454 g/mol. The molecule has 0 bridgehead atoms. The quantitative estimate of drug-likeness (QED) is 0.576. The molecule has 2 aliphatic heterocycles. The van der Waals surface area contributed by atoms with Crippen LogP contribution in [0.4, 0.5) is 32.1 Å². The Kier molecular flexibility index (Phi) is 6.39. The SMILES string of the molecule is C[C@H]1CN(c2ccc(F)cn2)CCN1c1ncc(NC(=O)c2ccc(N3CC(CF)C3)nc2)cn1. The maximum absolute atomic E-state index is 13.2. The highest BCUT2D eigenvalue weighted by molar-refractivity contribution is 6.04. The van der Waals surface area contributed by atoms with Crippen molar-refractivity contribution in [2.75, 3.05) is 59.4 Å². The standard InChI is InChI=1S/C24H26F2N8O/c1-16-13-32(21-5-3-19(26)10-28-21)6-7-34(16)24-29-11-20(12-30-24)31-23(35)18-2-4-22(27-9-18)33-14-17(8-25)15-33/h2-5,9-12,16-17H,6-8,13-15H2,1H3,(H,31,35)/t16-/m0/s1. The number of alkyl halides is 1. The fraction of sp³-hybridized carbons (Fsp3) is 0.375. The van der Waals surface area contributed by atoms with E-state index in [9.17, 15) is 13.6 Å². The third-order valence-corrected chi connectivity index (χ3v) is 6.33. The predicted octanol–water partition coefficient (Wildman–Crippen LogP) is 2.78. The molecule has 3 aromatic rings. The van der Waals surface area contributed by atoms with Crippen LogP contribution in [0.25, 0.3) is 0 Å². The topological polar surface area (TPSA) is 90.4 Å².